The third kappa shape index (κ3) is 4.61. The van der Waals surface area contributed by atoms with Crippen LogP contribution in [0.3, 0.4) is 0 Å². The molecule has 24 heavy (non-hydrogen) atoms. The van der Waals surface area contributed by atoms with Crippen molar-refractivity contribution < 1.29 is 27.9 Å². The van der Waals surface area contributed by atoms with Crippen molar-refractivity contribution in [1.29, 1.82) is 0 Å². The largest absolute Gasteiger partial charge is 0.474 e. The molecule has 122 valence electrons. The SMILES string of the molecule is O=C(O)C(=O)Nc1ccc(C#Cc2cccc(C(F)(F)F)c2)cc1. The number of carbonyl (C=O) groups excluding carboxylic acids is 1. The molecule has 0 saturated carbocycles. The predicted molar refractivity (Wildman–Crippen MR) is 80.1 cm³/mol. The number of carbonyl (C=O) groups is 2. The molecular formula is C17H10F3NO3. The van der Waals surface area contributed by atoms with E-state index in [1.165, 1.54) is 36.4 Å². The number of anilines is 1. The summed E-state index contributed by atoms with van der Waals surface area (Å²) in [4.78, 5) is 21.4. The molecule has 0 aromatic heterocycles. The third-order valence-electron chi connectivity index (χ3n) is 2.88. The zero-order valence-corrected chi connectivity index (χ0v) is 12.0. The van der Waals surface area contributed by atoms with Gasteiger partial charge in [0, 0.05) is 16.8 Å². The molecule has 0 fully saturated rings. The van der Waals surface area contributed by atoms with Gasteiger partial charge in [0.15, 0.2) is 0 Å². The molecular weight excluding hydrogens is 323 g/mol. The number of rotatable bonds is 1. The van der Waals surface area contributed by atoms with Crippen LogP contribution in [-0.4, -0.2) is 17.0 Å². The number of aliphatic carboxylic acids is 1. The minimum absolute atomic E-state index is 0.216. The van der Waals surface area contributed by atoms with Gasteiger partial charge in [-0.2, -0.15) is 13.2 Å². The van der Waals surface area contributed by atoms with Crippen molar-refractivity contribution >= 4 is 17.6 Å². The fourth-order valence-electron chi connectivity index (χ4n) is 1.74. The summed E-state index contributed by atoms with van der Waals surface area (Å²) in [5.41, 5.74) is 0.210. The second-order valence-corrected chi connectivity index (χ2v) is 4.67. The van der Waals surface area contributed by atoms with Crippen LogP contribution in [0.4, 0.5) is 18.9 Å². The number of hydrogen-bond acceptors (Lipinski definition) is 2. The first-order chi connectivity index (χ1) is 11.3. The van der Waals surface area contributed by atoms with E-state index in [9.17, 15) is 22.8 Å². The van der Waals surface area contributed by atoms with Crippen molar-refractivity contribution in [2.75, 3.05) is 5.32 Å². The molecule has 2 N–H and O–H groups in total. The van der Waals surface area contributed by atoms with Crippen molar-refractivity contribution in [3.8, 4) is 11.8 Å². The van der Waals surface area contributed by atoms with E-state index >= 15 is 0 Å². The van der Waals surface area contributed by atoms with Gasteiger partial charge in [-0.3, -0.25) is 4.79 Å². The van der Waals surface area contributed by atoms with Gasteiger partial charge in [0.2, 0.25) is 0 Å². The lowest BCUT2D eigenvalue weighted by molar-refractivity contribution is -0.147. The van der Waals surface area contributed by atoms with Crippen LogP contribution in [-0.2, 0) is 15.8 Å². The van der Waals surface area contributed by atoms with Crippen molar-refractivity contribution in [2.24, 2.45) is 0 Å². The zero-order chi connectivity index (χ0) is 17.7. The minimum atomic E-state index is -4.43. The van der Waals surface area contributed by atoms with Crippen molar-refractivity contribution in [3.63, 3.8) is 0 Å². The highest BCUT2D eigenvalue weighted by Gasteiger charge is 2.30. The molecule has 1 amide bonds. The molecule has 0 bridgehead atoms. The predicted octanol–water partition coefficient (Wildman–Crippen LogP) is 3.13. The molecule has 0 heterocycles. The van der Waals surface area contributed by atoms with Gasteiger partial charge in [-0.25, -0.2) is 4.79 Å². The smallest absolute Gasteiger partial charge is 0.416 e. The Labute approximate surface area is 134 Å². The van der Waals surface area contributed by atoms with Gasteiger partial charge in [0.05, 0.1) is 5.56 Å². The maximum Gasteiger partial charge on any atom is 0.416 e. The number of carboxylic acids is 1. The highest BCUT2D eigenvalue weighted by Crippen LogP contribution is 2.29. The average molecular weight is 333 g/mol. The van der Waals surface area contributed by atoms with Crippen LogP contribution < -0.4 is 5.32 Å². The fourth-order valence-corrected chi connectivity index (χ4v) is 1.74. The number of hydrogen-bond donors (Lipinski definition) is 2. The minimum Gasteiger partial charge on any atom is -0.474 e. The first-order valence-corrected chi connectivity index (χ1v) is 6.59. The molecule has 0 aliphatic heterocycles. The molecule has 0 saturated heterocycles. The number of alkyl halides is 3. The fraction of sp³-hybridized carbons (Fsp3) is 0.0588. The van der Waals surface area contributed by atoms with Gasteiger partial charge in [0.1, 0.15) is 0 Å². The summed E-state index contributed by atoms with van der Waals surface area (Å²) in [5.74, 6) is 2.54. The molecule has 2 rings (SSSR count). The topological polar surface area (TPSA) is 66.4 Å². The van der Waals surface area contributed by atoms with Crippen LogP contribution >= 0.6 is 0 Å². The Balaban J connectivity index is 2.14. The van der Waals surface area contributed by atoms with Gasteiger partial charge >= 0.3 is 18.1 Å². The van der Waals surface area contributed by atoms with Gasteiger partial charge in [-0.05, 0) is 42.5 Å². The molecule has 0 spiro atoms. The summed E-state index contributed by atoms with van der Waals surface area (Å²) < 4.78 is 37.8. The third-order valence-corrected chi connectivity index (χ3v) is 2.88. The van der Waals surface area contributed by atoms with Crippen LogP contribution in [0.2, 0.25) is 0 Å². The Kier molecular flexibility index (Phi) is 4.90. The van der Waals surface area contributed by atoms with Crippen LogP contribution in [0.1, 0.15) is 16.7 Å². The van der Waals surface area contributed by atoms with E-state index in [0.717, 1.165) is 12.1 Å². The molecule has 0 aliphatic rings. The Morgan fingerprint density at radius 2 is 1.58 bits per heavy atom. The van der Waals surface area contributed by atoms with Crippen LogP contribution in [0.15, 0.2) is 48.5 Å². The maximum atomic E-state index is 12.6. The van der Waals surface area contributed by atoms with E-state index in [2.05, 4.69) is 17.2 Å². The second kappa shape index (κ2) is 6.87. The summed E-state index contributed by atoms with van der Waals surface area (Å²) in [5, 5.41) is 10.6. The van der Waals surface area contributed by atoms with E-state index in [0.29, 0.717) is 5.56 Å². The first-order valence-electron chi connectivity index (χ1n) is 6.59. The monoisotopic (exact) mass is 333 g/mol. The summed E-state index contributed by atoms with van der Waals surface area (Å²) in [6.07, 6.45) is -4.43. The van der Waals surface area contributed by atoms with Crippen molar-refractivity contribution in [1.82, 2.24) is 0 Å². The normalized spacial score (nSPS) is 10.5. The van der Waals surface area contributed by atoms with E-state index < -0.39 is 23.6 Å². The van der Waals surface area contributed by atoms with Crippen molar-refractivity contribution in [3.05, 3.63) is 65.2 Å². The lowest BCUT2D eigenvalue weighted by Crippen LogP contribution is -2.21. The summed E-state index contributed by atoms with van der Waals surface area (Å²) in [7, 11) is 0. The second-order valence-electron chi connectivity index (χ2n) is 4.67. The highest BCUT2D eigenvalue weighted by molar-refractivity contribution is 6.36. The number of nitrogens with one attached hydrogen (secondary N) is 1. The van der Waals surface area contributed by atoms with E-state index in [1.54, 1.807) is 0 Å². The maximum absolute atomic E-state index is 12.6. The lowest BCUT2D eigenvalue weighted by atomic mass is 10.1. The molecule has 0 radical (unpaired) electrons. The average Bonchev–Trinajstić information content (AvgIpc) is 2.53. The van der Waals surface area contributed by atoms with E-state index in [4.69, 9.17) is 5.11 Å². The first kappa shape index (κ1) is 17.1. The van der Waals surface area contributed by atoms with Crippen molar-refractivity contribution in [2.45, 2.75) is 6.18 Å². The highest BCUT2D eigenvalue weighted by atomic mass is 19.4. The quantitative estimate of drug-likeness (QED) is 0.622. The molecule has 4 nitrogen and oxygen atoms in total. The van der Waals surface area contributed by atoms with Crippen LogP contribution in [0.25, 0.3) is 0 Å². The van der Waals surface area contributed by atoms with Gasteiger partial charge < -0.3 is 10.4 Å². The Morgan fingerprint density at radius 1 is 0.958 bits per heavy atom. The van der Waals surface area contributed by atoms with Crippen LogP contribution in [0.5, 0.6) is 0 Å². The lowest BCUT2D eigenvalue weighted by Gasteiger charge is -2.05. The standard InChI is InChI=1S/C17H10F3NO3/c18-17(19,20)13-3-1-2-12(10-13)5-4-11-6-8-14(9-7-11)21-15(22)16(23)24/h1-3,6-10H,(H,21,22)(H,23,24). The van der Waals surface area contributed by atoms with Crippen LogP contribution in [0, 0.1) is 11.8 Å². The Bertz CT molecular complexity index is 831. The number of halogens is 3. The Morgan fingerprint density at radius 3 is 2.17 bits per heavy atom. The summed E-state index contributed by atoms with van der Waals surface area (Å²) in [6, 6.07) is 10.6. The Hall–Kier alpha value is -3.27. The molecule has 0 atom stereocenters. The summed E-state index contributed by atoms with van der Waals surface area (Å²) >= 11 is 0. The molecule has 0 unspecified atom stereocenters. The molecule has 0 aliphatic carbocycles. The molecule has 7 heteroatoms. The van der Waals surface area contributed by atoms with Gasteiger partial charge in [0.25, 0.3) is 0 Å². The number of benzene rings is 2. The van der Waals surface area contributed by atoms with E-state index in [1.807, 2.05) is 0 Å². The molecule has 2 aromatic carbocycles. The van der Waals surface area contributed by atoms with Gasteiger partial charge in [-0.1, -0.05) is 17.9 Å². The zero-order valence-electron chi connectivity index (χ0n) is 12.0. The van der Waals surface area contributed by atoms with Gasteiger partial charge in [-0.15, -0.1) is 0 Å². The summed E-state index contributed by atoms with van der Waals surface area (Å²) in [6.45, 7) is 0. The number of amides is 1. The molecule has 2 aromatic rings. The number of carboxylic acid groups (broad SMARTS) is 1. The van der Waals surface area contributed by atoms with E-state index in [-0.39, 0.29) is 11.3 Å².